The SMILES string of the molecule is N#CCCCS(=O)(=O)CC(=O)Nc1cccc([N+](=O)[O-])c1. The Hall–Kier alpha value is -2.47. The molecule has 9 heteroatoms. The number of amides is 1. The lowest BCUT2D eigenvalue weighted by Crippen LogP contribution is -2.24. The first-order chi connectivity index (χ1) is 9.84. The van der Waals surface area contributed by atoms with Crippen LogP contribution >= 0.6 is 0 Å². The number of nitrogens with zero attached hydrogens (tertiary/aromatic N) is 2. The van der Waals surface area contributed by atoms with Crippen molar-refractivity contribution in [2.75, 3.05) is 16.8 Å². The minimum atomic E-state index is -3.60. The van der Waals surface area contributed by atoms with Gasteiger partial charge >= 0.3 is 0 Å². The lowest BCUT2D eigenvalue weighted by Gasteiger charge is -2.05. The van der Waals surface area contributed by atoms with Crippen LogP contribution in [0.5, 0.6) is 0 Å². The maximum absolute atomic E-state index is 11.6. The third-order valence-corrected chi connectivity index (χ3v) is 4.05. The van der Waals surface area contributed by atoms with Gasteiger partial charge in [0.15, 0.2) is 9.84 Å². The van der Waals surface area contributed by atoms with Crippen molar-refractivity contribution < 1.29 is 18.1 Å². The van der Waals surface area contributed by atoms with Gasteiger partial charge in [0.1, 0.15) is 5.75 Å². The molecule has 0 spiro atoms. The number of anilines is 1. The number of sulfone groups is 1. The molecule has 0 aliphatic rings. The highest BCUT2D eigenvalue weighted by Gasteiger charge is 2.17. The van der Waals surface area contributed by atoms with E-state index in [0.717, 1.165) is 6.07 Å². The second-order valence-corrected chi connectivity index (χ2v) is 6.39. The minimum absolute atomic E-state index is 0.103. The van der Waals surface area contributed by atoms with Crippen molar-refractivity contribution in [3.63, 3.8) is 0 Å². The van der Waals surface area contributed by atoms with Gasteiger partial charge in [0.05, 0.1) is 16.7 Å². The number of nitrogens with one attached hydrogen (secondary N) is 1. The molecule has 0 unspecified atom stereocenters. The van der Waals surface area contributed by atoms with Gasteiger partial charge in [-0.2, -0.15) is 5.26 Å². The molecule has 8 nitrogen and oxygen atoms in total. The van der Waals surface area contributed by atoms with Crippen LogP contribution in [0.4, 0.5) is 11.4 Å². The van der Waals surface area contributed by atoms with E-state index in [4.69, 9.17) is 5.26 Å². The largest absolute Gasteiger partial charge is 0.325 e. The van der Waals surface area contributed by atoms with E-state index in [-0.39, 0.29) is 30.0 Å². The average molecular weight is 311 g/mol. The van der Waals surface area contributed by atoms with Crippen LogP contribution in [-0.2, 0) is 14.6 Å². The van der Waals surface area contributed by atoms with Crippen LogP contribution in [0.25, 0.3) is 0 Å². The zero-order chi connectivity index (χ0) is 15.9. The lowest BCUT2D eigenvalue weighted by molar-refractivity contribution is -0.384. The summed E-state index contributed by atoms with van der Waals surface area (Å²) in [5.74, 6) is -1.74. The first-order valence-corrected chi connectivity index (χ1v) is 7.78. The summed E-state index contributed by atoms with van der Waals surface area (Å²) in [4.78, 5) is 21.6. The summed E-state index contributed by atoms with van der Waals surface area (Å²) in [7, 11) is -3.60. The molecule has 1 amide bonds. The highest BCUT2D eigenvalue weighted by molar-refractivity contribution is 7.92. The first kappa shape index (κ1) is 16.6. The van der Waals surface area contributed by atoms with Crippen molar-refractivity contribution in [3.05, 3.63) is 34.4 Å². The van der Waals surface area contributed by atoms with Crippen molar-refractivity contribution >= 4 is 27.1 Å². The molecule has 1 rings (SSSR count). The molecule has 1 aromatic rings. The Labute approximate surface area is 121 Å². The number of unbranched alkanes of at least 4 members (excludes halogenated alkanes) is 1. The summed E-state index contributed by atoms with van der Waals surface area (Å²) >= 11 is 0. The Kier molecular flexibility index (Phi) is 5.80. The topological polar surface area (TPSA) is 130 Å². The van der Waals surface area contributed by atoms with Crippen LogP contribution in [-0.4, -0.2) is 30.8 Å². The van der Waals surface area contributed by atoms with Gasteiger partial charge in [-0.05, 0) is 12.5 Å². The maximum atomic E-state index is 11.6. The minimum Gasteiger partial charge on any atom is -0.325 e. The normalized spacial score (nSPS) is 10.6. The standard InChI is InChI=1S/C12H13N3O5S/c13-6-1-2-7-21(19,20)9-12(16)14-10-4-3-5-11(8-10)15(17)18/h3-5,8H,1-2,7,9H2,(H,14,16). The molecule has 1 aromatic carbocycles. The van der Waals surface area contributed by atoms with Crippen LogP contribution < -0.4 is 5.32 Å². The smallest absolute Gasteiger partial charge is 0.271 e. The fourth-order valence-electron chi connectivity index (χ4n) is 1.54. The molecule has 0 heterocycles. The molecule has 0 aliphatic heterocycles. The van der Waals surface area contributed by atoms with Crippen LogP contribution in [0.15, 0.2) is 24.3 Å². The summed E-state index contributed by atoms with van der Waals surface area (Å²) in [5.41, 5.74) is -0.0499. The average Bonchev–Trinajstić information content (AvgIpc) is 2.38. The molecule has 0 aromatic heterocycles. The zero-order valence-electron chi connectivity index (χ0n) is 11.0. The van der Waals surface area contributed by atoms with Gasteiger partial charge in [0.2, 0.25) is 5.91 Å². The van der Waals surface area contributed by atoms with Crippen molar-refractivity contribution in [3.8, 4) is 6.07 Å². The molecule has 0 fully saturated rings. The molecule has 1 N–H and O–H groups in total. The number of carbonyl (C=O) groups is 1. The van der Waals surface area contributed by atoms with Crippen molar-refractivity contribution in [2.45, 2.75) is 12.8 Å². The van der Waals surface area contributed by atoms with Gasteiger partial charge in [-0.15, -0.1) is 0 Å². The molecule has 0 saturated carbocycles. The molecule has 21 heavy (non-hydrogen) atoms. The summed E-state index contributed by atoms with van der Waals surface area (Å²) in [6.07, 6.45) is 0.272. The number of nitriles is 1. The molecule has 0 bridgehead atoms. The van der Waals surface area contributed by atoms with E-state index in [1.165, 1.54) is 18.2 Å². The molecule has 0 radical (unpaired) electrons. The van der Waals surface area contributed by atoms with Crippen molar-refractivity contribution in [1.29, 1.82) is 5.26 Å². The van der Waals surface area contributed by atoms with Gasteiger partial charge in [-0.25, -0.2) is 8.42 Å². The summed E-state index contributed by atoms with van der Waals surface area (Å²) in [6.45, 7) is 0. The Balaban J connectivity index is 2.63. The van der Waals surface area contributed by atoms with Gasteiger partial charge < -0.3 is 5.32 Å². The molecule has 0 atom stereocenters. The molecule has 0 aliphatic carbocycles. The van der Waals surface area contributed by atoms with Crippen LogP contribution in [0.3, 0.4) is 0 Å². The third-order valence-electron chi connectivity index (χ3n) is 2.44. The number of hydrogen-bond donors (Lipinski definition) is 1. The van der Waals surface area contributed by atoms with E-state index in [9.17, 15) is 23.3 Å². The van der Waals surface area contributed by atoms with Crippen LogP contribution in [0.2, 0.25) is 0 Å². The van der Waals surface area contributed by atoms with Gasteiger partial charge in [-0.1, -0.05) is 6.07 Å². The number of non-ortho nitro benzene ring substituents is 1. The molecular weight excluding hydrogens is 298 g/mol. The predicted molar refractivity (Wildman–Crippen MR) is 75.2 cm³/mol. The Morgan fingerprint density at radius 1 is 1.43 bits per heavy atom. The summed E-state index contributed by atoms with van der Waals surface area (Å²) < 4.78 is 23.2. The Morgan fingerprint density at radius 3 is 2.76 bits per heavy atom. The van der Waals surface area contributed by atoms with E-state index in [0.29, 0.717) is 0 Å². The second kappa shape index (κ2) is 7.35. The molecule has 0 saturated heterocycles. The van der Waals surface area contributed by atoms with Crippen LogP contribution in [0, 0.1) is 21.4 Å². The Morgan fingerprint density at radius 2 is 2.14 bits per heavy atom. The third kappa shape index (κ3) is 6.01. The zero-order valence-corrected chi connectivity index (χ0v) is 11.8. The number of nitro benzene ring substituents is 1. The molecule has 112 valence electrons. The fourth-order valence-corrected chi connectivity index (χ4v) is 2.74. The van der Waals surface area contributed by atoms with Crippen molar-refractivity contribution in [1.82, 2.24) is 0 Å². The lowest BCUT2D eigenvalue weighted by atomic mass is 10.3. The van der Waals surface area contributed by atoms with Gasteiger partial charge in [0, 0.05) is 24.2 Å². The van der Waals surface area contributed by atoms with Gasteiger partial charge in [-0.3, -0.25) is 14.9 Å². The Bertz CT molecular complexity index is 678. The highest BCUT2D eigenvalue weighted by atomic mass is 32.2. The monoisotopic (exact) mass is 311 g/mol. The van der Waals surface area contributed by atoms with E-state index < -0.39 is 26.4 Å². The number of nitro groups is 1. The highest BCUT2D eigenvalue weighted by Crippen LogP contribution is 2.17. The quantitative estimate of drug-likeness (QED) is 0.458. The summed E-state index contributed by atoms with van der Waals surface area (Å²) in [6, 6.07) is 7.03. The van der Waals surface area contributed by atoms with E-state index in [1.807, 2.05) is 6.07 Å². The number of hydrogen-bond acceptors (Lipinski definition) is 6. The molecular formula is C12H13N3O5S. The predicted octanol–water partition coefficient (Wildman–Crippen LogP) is 1.25. The van der Waals surface area contributed by atoms with Crippen LogP contribution in [0.1, 0.15) is 12.8 Å². The summed E-state index contributed by atoms with van der Waals surface area (Å²) in [5, 5.41) is 21.2. The maximum Gasteiger partial charge on any atom is 0.271 e. The first-order valence-electron chi connectivity index (χ1n) is 5.96. The number of rotatable bonds is 7. The van der Waals surface area contributed by atoms with E-state index >= 15 is 0 Å². The second-order valence-electron chi connectivity index (χ2n) is 4.21. The fraction of sp³-hybridized carbons (Fsp3) is 0.333. The number of benzene rings is 1. The van der Waals surface area contributed by atoms with Gasteiger partial charge in [0.25, 0.3) is 5.69 Å². The number of carbonyl (C=O) groups excluding carboxylic acids is 1. The van der Waals surface area contributed by atoms with E-state index in [1.54, 1.807) is 0 Å². The van der Waals surface area contributed by atoms with Crippen molar-refractivity contribution in [2.24, 2.45) is 0 Å². The van der Waals surface area contributed by atoms with E-state index in [2.05, 4.69) is 5.32 Å².